The Hall–Kier alpha value is -1.71. The van der Waals surface area contributed by atoms with Crippen LogP contribution in [0, 0.1) is 0 Å². The molecule has 0 aliphatic heterocycles. The molecule has 2 amide bonds. The highest BCUT2D eigenvalue weighted by Gasteiger charge is 2.34. The Morgan fingerprint density at radius 2 is 1.63 bits per heavy atom. The Bertz CT molecular complexity index is 1250. The summed E-state index contributed by atoms with van der Waals surface area (Å²) in [5.41, 5.74) is 0.519. The molecule has 1 N–H and O–H groups in total. The van der Waals surface area contributed by atoms with Gasteiger partial charge in [-0.3, -0.25) is 13.9 Å². The molecule has 1 aliphatic carbocycles. The van der Waals surface area contributed by atoms with Crippen LogP contribution in [-0.4, -0.2) is 50.0 Å². The molecule has 2 aromatic rings. The van der Waals surface area contributed by atoms with Crippen LogP contribution < -0.4 is 9.62 Å². The number of carbonyl (C=O) groups excluding carboxylic acids is 2. The molecule has 1 fully saturated rings. The van der Waals surface area contributed by atoms with E-state index >= 15 is 0 Å². The molecule has 0 spiro atoms. The van der Waals surface area contributed by atoms with Crippen molar-refractivity contribution in [3.05, 3.63) is 62.1 Å². The highest BCUT2D eigenvalue weighted by Crippen LogP contribution is 2.32. The standard InChI is InChI=1S/C26H31Cl4N3O4S/c1-3-23(26(35)31-18-8-5-4-6-9-18)32(15-19-20(28)10-7-11-21(19)29)25(34)16-33(38(2,36)37)24-14-17(27)12-13-22(24)30/h7,10-14,18,23H,3-6,8-9,15-16H2,1-2H3,(H,31,35). The molecule has 7 nitrogen and oxygen atoms in total. The molecule has 1 unspecified atom stereocenters. The van der Waals surface area contributed by atoms with Crippen molar-refractivity contribution in [2.24, 2.45) is 0 Å². The average Bonchev–Trinajstić information content (AvgIpc) is 2.85. The number of amides is 2. The van der Waals surface area contributed by atoms with Gasteiger partial charge in [0.05, 0.1) is 17.0 Å². The minimum absolute atomic E-state index is 0.0314. The zero-order valence-electron chi connectivity index (χ0n) is 21.2. The van der Waals surface area contributed by atoms with Crippen molar-refractivity contribution in [3.63, 3.8) is 0 Å². The highest BCUT2D eigenvalue weighted by molar-refractivity contribution is 7.92. The third kappa shape index (κ3) is 7.92. The number of rotatable bonds is 10. The average molecular weight is 623 g/mol. The van der Waals surface area contributed by atoms with Gasteiger partial charge < -0.3 is 10.2 Å². The van der Waals surface area contributed by atoms with Crippen molar-refractivity contribution in [1.82, 2.24) is 10.2 Å². The first-order valence-electron chi connectivity index (χ1n) is 12.4. The Morgan fingerprint density at radius 1 is 1.00 bits per heavy atom. The van der Waals surface area contributed by atoms with Crippen LogP contribution in [0.2, 0.25) is 20.1 Å². The van der Waals surface area contributed by atoms with Crippen LogP contribution in [0.25, 0.3) is 0 Å². The van der Waals surface area contributed by atoms with Gasteiger partial charge in [0.15, 0.2) is 0 Å². The normalized spacial score (nSPS) is 15.1. The summed E-state index contributed by atoms with van der Waals surface area (Å²) in [4.78, 5) is 28.7. The topological polar surface area (TPSA) is 86.8 Å². The lowest BCUT2D eigenvalue weighted by Gasteiger charge is -2.34. The number of anilines is 1. The number of hydrogen-bond donors (Lipinski definition) is 1. The van der Waals surface area contributed by atoms with Crippen molar-refractivity contribution in [3.8, 4) is 0 Å². The predicted octanol–water partition coefficient (Wildman–Crippen LogP) is 6.32. The van der Waals surface area contributed by atoms with E-state index in [2.05, 4.69) is 5.32 Å². The molecule has 2 aromatic carbocycles. The van der Waals surface area contributed by atoms with Gasteiger partial charge in [-0.05, 0) is 49.6 Å². The maximum absolute atomic E-state index is 13.9. The fourth-order valence-electron chi connectivity index (χ4n) is 4.59. The van der Waals surface area contributed by atoms with Gasteiger partial charge >= 0.3 is 0 Å². The summed E-state index contributed by atoms with van der Waals surface area (Å²) in [6.45, 7) is 1.10. The van der Waals surface area contributed by atoms with Crippen molar-refractivity contribution < 1.29 is 18.0 Å². The van der Waals surface area contributed by atoms with E-state index in [1.165, 1.54) is 23.1 Å². The van der Waals surface area contributed by atoms with Gasteiger partial charge in [-0.15, -0.1) is 0 Å². The molecule has 1 atom stereocenters. The summed E-state index contributed by atoms with van der Waals surface area (Å²) < 4.78 is 26.5. The Kier molecular flexibility index (Phi) is 11.0. The lowest BCUT2D eigenvalue weighted by Crippen LogP contribution is -2.54. The van der Waals surface area contributed by atoms with Crippen LogP contribution in [0.5, 0.6) is 0 Å². The first-order chi connectivity index (χ1) is 17.9. The number of carbonyl (C=O) groups is 2. The molecule has 0 aromatic heterocycles. The maximum atomic E-state index is 13.9. The van der Waals surface area contributed by atoms with Gasteiger partial charge in [0.1, 0.15) is 12.6 Å². The van der Waals surface area contributed by atoms with Crippen LogP contribution in [0.15, 0.2) is 36.4 Å². The van der Waals surface area contributed by atoms with E-state index in [1.54, 1.807) is 25.1 Å². The number of nitrogens with zero attached hydrogens (tertiary/aromatic N) is 2. The Balaban J connectivity index is 1.99. The van der Waals surface area contributed by atoms with Crippen molar-refractivity contribution in [2.45, 2.75) is 64.1 Å². The van der Waals surface area contributed by atoms with Crippen molar-refractivity contribution >= 4 is 73.9 Å². The van der Waals surface area contributed by atoms with Crippen LogP contribution in [0.3, 0.4) is 0 Å². The molecule has 208 valence electrons. The first kappa shape index (κ1) is 30.8. The fraction of sp³-hybridized carbons (Fsp3) is 0.462. The van der Waals surface area contributed by atoms with E-state index < -0.39 is 28.5 Å². The summed E-state index contributed by atoms with van der Waals surface area (Å²) in [7, 11) is -3.96. The van der Waals surface area contributed by atoms with Crippen LogP contribution in [0.4, 0.5) is 5.69 Å². The number of sulfonamides is 1. The first-order valence-corrected chi connectivity index (χ1v) is 15.7. The Labute approximate surface area is 244 Å². The largest absolute Gasteiger partial charge is 0.352 e. The lowest BCUT2D eigenvalue weighted by atomic mass is 9.95. The maximum Gasteiger partial charge on any atom is 0.244 e. The molecule has 0 radical (unpaired) electrons. The minimum Gasteiger partial charge on any atom is -0.352 e. The van der Waals surface area contributed by atoms with Gasteiger partial charge in [0.2, 0.25) is 21.8 Å². The van der Waals surface area contributed by atoms with Crippen LogP contribution >= 0.6 is 46.4 Å². The third-order valence-corrected chi connectivity index (χ3v) is 8.97. The molecular weight excluding hydrogens is 592 g/mol. The summed E-state index contributed by atoms with van der Waals surface area (Å²) in [6, 6.07) is 8.46. The second kappa shape index (κ2) is 13.6. The summed E-state index contributed by atoms with van der Waals surface area (Å²) in [5.74, 6) is -0.921. The minimum atomic E-state index is -3.96. The van der Waals surface area contributed by atoms with Gasteiger partial charge in [-0.1, -0.05) is 78.7 Å². The van der Waals surface area contributed by atoms with Crippen LogP contribution in [-0.2, 0) is 26.2 Å². The fourth-order valence-corrected chi connectivity index (χ4v) is 6.40. The van der Waals surface area contributed by atoms with Gasteiger partial charge in [-0.25, -0.2) is 8.42 Å². The lowest BCUT2D eigenvalue weighted by molar-refractivity contribution is -0.140. The number of benzene rings is 2. The van der Waals surface area contributed by atoms with Gasteiger partial charge in [0.25, 0.3) is 0 Å². The molecule has 12 heteroatoms. The van der Waals surface area contributed by atoms with Crippen molar-refractivity contribution in [2.75, 3.05) is 17.1 Å². The molecule has 38 heavy (non-hydrogen) atoms. The Morgan fingerprint density at radius 3 is 2.21 bits per heavy atom. The smallest absolute Gasteiger partial charge is 0.244 e. The SMILES string of the molecule is CCC(C(=O)NC1CCCCC1)N(Cc1c(Cl)cccc1Cl)C(=O)CN(c1cc(Cl)ccc1Cl)S(C)(=O)=O. The van der Waals surface area contributed by atoms with E-state index in [9.17, 15) is 18.0 Å². The molecular formula is C26H31Cl4N3O4S. The predicted molar refractivity (Wildman–Crippen MR) is 155 cm³/mol. The summed E-state index contributed by atoms with van der Waals surface area (Å²) in [6.07, 6.45) is 6.21. The highest BCUT2D eigenvalue weighted by atomic mass is 35.5. The van der Waals surface area contributed by atoms with E-state index in [4.69, 9.17) is 46.4 Å². The monoisotopic (exact) mass is 621 g/mol. The number of halogens is 4. The van der Waals surface area contributed by atoms with E-state index in [1.807, 2.05) is 0 Å². The zero-order chi connectivity index (χ0) is 28.0. The second-order valence-corrected chi connectivity index (χ2v) is 12.9. The quantitative estimate of drug-likeness (QED) is 0.336. The molecule has 0 bridgehead atoms. The van der Waals surface area contributed by atoms with Gasteiger partial charge in [0, 0.05) is 33.2 Å². The van der Waals surface area contributed by atoms with Gasteiger partial charge in [-0.2, -0.15) is 0 Å². The molecule has 1 aliphatic rings. The molecule has 0 heterocycles. The van der Waals surface area contributed by atoms with Crippen LogP contribution in [0.1, 0.15) is 51.0 Å². The number of hydrogen-bond acceptors (Lipinski definition) is 4. The van der Waals surface area contributed by atoms with E-state index in [0.717, 1.165) is 42.7 Å². The molecule has 3 rings (SSSR count). The second-order valence-electron chi connectivity index (χ2n) is 9.35. The molecule has 1 saturated carbocycles. The molecule has 0 saturated heterocycles. The van der Waals surface area contributed by atoms with Crippen molar-refractivity contribution in [1.29, 1.82) is 0 Å². The number of nitrogens with one attached hydrogen (secondary N) is 1. The van der Waals surface area contributed by atoms with E-state index in [-0.39, 0.29) is 34.2 Å². The zero-order valence-corrected chi connectivity index (χ0v) is 25.1. The summed E-state index contributed by atoms with van der Waals surface area (Å²) in [5, 5.41) is 4.10. The van der Waals surface area contributed by atoms with E-state index in [0.29, 0.717) is 22.0 Å². The summed E-state index contributed by atoms with van der Waals surface area (Å²) >= 11 is 25.2. The third-order valence-electron chi connectivity index (χ3n) is 6.58.